The molecular formula is C18H28N2O2Si2. The van der Waals surface area contributed by atoms with Crippen LogP contribution in [0.15, 0.2) is 30.5 Å². The Kier molecular flexibility index (Phi) is 6.81. The highest BCUT2D eigenvalue weighted by Crippen LogP contribution is 2.30. The Balaban J connectivity index is 2.05. The van der Waals surface area contributed by atoms with Crippen molar-refractivity contribution in [2.75, 3.05) is 0 Å². The van der Waals surface area contributed by atoms with E-state index in [1.165, 1.54) is 0 Å². The standard InChI is InChI=1S/C18H28N2O2Si2/c1-18(2,17(21-23-3)22-24-4)10-7-11-20-13-14(12-19)15-8-5-6-9-16(15)20/h5-6,8-9,13,17H,7,10-11,23-24H2,1-4H3. The fourth-order valence-corrected chi connectivity index (χ4v) is 5.04. The molecule has 0 fully saturated rings. The van der Waals surface area contributed by atoms with Crippen LogP contribution >= 0.6 is 0 Å². The summed E-state index contributed by atoms with van der Waals surface area (Å²) in [5.74, 6) is 0. The molecule has 0 spiro atoms. The number of benzene rings is 1. The summed E-state index contributed by atoms with van der Waals surface area (Å²) in [6.45, 7) is 9.68. The van der Waals surface area contributed by atoms with E-state index in [9.17, 15) is 5.26 Å². The number of hydrogen-bond donors (Lipinski definition) is 0. The van der Waals surface area contributed by atoms with Crippen LogP contribution in [-0.4, -0.2) is 30.4 Å². The van der Waals surface area contributed by atoms with Crippen molar-refractivity contribution < 1.29 is 8.85 Å². The van der Waals surface area contributed by atoms with Gasteiger partial charge in [0, 0.05) is 29.1 Å². The summed E-state index contributed by atoms with van der Waals surface area (Å²) in [7, 11) is -0.959. The SMILES string of the molecule is C[SiH2]OC(O[SiH2]C)C(C)(C)CCCn1cc(C#N)c2ccccc21. The van der Waals surface area contributed by atoms with Crippen molar-refractivity contribution >= 4 is 30.4 Å². The normalized spacial score (nSPS) is 14.1. The van der Waals surface area contributed by atoms with Gasteiger partial charge >= 0.3 is 0 Å². The molecule has 0 atom stereocenters. The van der Waals surface area contributed by atoms with E-state index in [-0.39, 0.29) is 11.7 Å². The average molecular weight is 361 g/mol. The Morgan fingerprint density at radius 1 is 1.21 bits per heavy atom. The molecule has 24 heavy (non-hydrogen) atoms. The molecule has 2 aromatic rings. The van der Waals surface area contributed by atoms with Gasteiger partial charge in [0.05, 0.1) is 5.56 Å². The highest BCUT2D eigenvalue weighted by atomic mass is 28.2. The molecule has 1 aromatic heterocycles. The van der Waals surface area contributed by atoms with E-state index < -0.39 is 19.5 Å². The van der Waals surface area contributed by atoms with Crippen LogP contribution in [-0.2, 0) is 15.4 Å². The zero-order valence-electron chi connectivity index (χ0n) is 15.2. The van der Waals surface area contributed by atoms with Gasteiger partial charge in [0.1, 0.15) is 12.4 Å². The summed E-state index contributed by atoms with van der Waals surface area (Å²) in [5, 5.41) is 10.3. The van der Waals surface area contributed by atoms with Gasteiger partial charge in [0.15, 0.2) is 19.5 Å². The molecule has 0 aliphatic rings. The quantitative estimate of drug-likeness (QED) is 0.510. The second-order valence-electron chi connectivity index (χ2n) is 6.70. The first-order valence-electron chi connectivity index (χ1n) is 8.74. The van der Waals surface area contributed by atoms with E-state index >= 15 is 0 Å². The number of hydrogen-bond acceptors (Lipinski definition) is 3. The summed E-state index contributed by atoms with van der Waals surface area (Å²) in [5.41, 5.74) is 1.91. The largest absolute Gasteiger partial charge is 0.400 e. The van der Waals surface area contributed by atoms with Crippen molar-refractivity contribution in [3.8, 4) is 6.07 Å². The predicted molar refractivity (Wildman–Crippen MR) is 104 cm³/mol. The lowest BCUT2D eigenvalue weighted by Gasteiger charge is -2.34. The zero-order valence-corrected chi connectivity index (χ0v) is 18.0. The first kappa shape index (κ1) is 18.9. The van der Waals surface area contributed by atoms with Crippen LogP contribution in [0.1, 0.15) is 32.3 Å². The molecule has 2 rings (SSSR count). The minimum Gasteiger partial charge on any atom is -0.400 e. The minimum absolute atomic E-state index is 0.0209. The molecule has 4 nitrogen and oxygen atoms in total. The number of rotatable bonds is 9. The van der Waals surface area contributed by atoms with Crippen LogP contribution in [0.2, 0.25) is 13.1 Å². The second-order valence-corrected chi connectivity index (χ2v) is 8.52. The number of fused-ring (bicyclic) bond motifs is 1. The van der Waals surface area contributed by atoms with Gasteiger partial charge in [0.2, 0.25) is 0 Å². The zero-order chi connectivity index (χ0) is 17.6. The Labute approximate surface area is 149 Å². The van der Waals surface area contributed by atoms with E-state index in [1.807, 2.05) is 24.4 Å². The van der Waals surface area contributed by atoms with Gasteiger partial charge in [-0.1, -0.05) is 45.1 Å². The molecule has 0 aliphatic carbocycles. The third kappa shape index (κ3) is 4.36. The van der Waals surface area contributed by atoms with Crippen LogP contribution in [0, 0.1) is 16.7 Å². The number of aryl methyl sites for hydroxylation is 1. The molecule has 0 saturated heterocycles. The predicted octanol–water partition coefficient (Wildman–Crippen LogP) is 2.94. The van der Waals surface area contributed by atoms with Crippen LogP contribution in [0.25, 0.3) is 10.9 Å². The molecule has 0 radical (unpaired) electrons. The van der Waals surface area contributed by atoms with Gasteiger partial charge in [0.25, 0.3) is 0 Å². The molecule has 0 bridgehead atoms. The van der Waals surface area contributed by atoms with Gasteiger partial charge in [-0.15, -0.1) is 0 Å². The molecule has 130 valence electrons. The minimum atomic E-state index is -0.479. The van der Waals surface area contributed by atoms with E-state index in [4.69, 9.17) is 8.85 Å². The lowest BCUT2D eigenvalue weighted by atomic mass is 9.87. The van der Waals surface area contributed by atoms with E-state index in [0.29, 0.717) is 0 Å². The van der Waals surface area contributed by atoms with Crippen molar-refractivity contribution in [1.29, 1.82) is 5.26 Å². The van der Waals surface area contributed by atoms with Crippen LogP contribution in [0.4, 0.5) is 0 Å². The fraction of sp³-hybridized carbons (Fsp3) is 0.500. The Hall–Kier alpha value is -1.40. The monoisotopic (exact) mass is 360 g/mol. The molecule has 1 heterocycles. The second kappa shape index (κ2) is 8.63. The molecule has 0 N–H and O–H groups in total. The number of nitrogens with zero attached hydrogens (tertiary/aromatic N) is 2. The van der Waals surface area contributed by atoms with Gasteiger partial charge in [-0.05, 0) is 18.9 Å². The van der Waals surface area contributed by atoms with Gasteiger partial charge in [-0.2, -0.15) is 5.26 Å². The lowest BCUT2D eigenvalue weighted by Crippen LogP contribution is -2.36. The van der Waals surface area contributed by atoms with Crippen molar-refractivity contribution in [3.63, 3.8) is 0 Å². The van der Waals surface area contributed by atoms with Crippen molar-refractivity contribution in [2.45, 2.75) is 52.6 Å². The summed E-state index contributed by atoms with van der Waals surface area (Å²) in [6.07, 6.45) is 3.99. The Morgan fingerprint density at radius 3 is 2.50 bits per heavy atom. The first-order valence-corrected chi connectivity index (χ1v) is 12.7. The molecular weight excluding hydrogens is 332 g/mol. The molecule has 1 aromatic carbocycles. The Bertz CT molecular complexity index is 701. The molecule has 0 saturated carbocycles. The topological polar surface area (TPSA) is 47.2 Å². The molecule has 6 heteroatoms. The summed E-state index contributed by atoms with van der Waals surface area (Å²) in [6, 6.07) is 10.4. The van der Waals surface area contributed by atoms with Crippen molar-refractivity contribution in [1.82, 2.24) is 4.57 Å². The van der Waals surface area contributed by atoms with Crippen LogP contribution < -0.4 is 0 Å². The molecule has 0 unspecified atom stereocenters. The van der Waals surface area contributed by atoms with Crippen molar-refractivity contribution in [3.05, 3.63) is 36.0 Å². The van der Waals surface area contributed by atoms with E-state index in [0.717, 1.165) is 35.9 Å². The van der Waals surface area contributed by atoms with Crippen LogP contribution in [0.5, 0.6) is 0 Å². The van der Waals surface area contributed by atoms with E-state index in [1.54, 1.807) is 0 Å². The average Bonchev–Trinajstić information content (AvgIpc) is 2.93. The maximum absolute atomic E-state index is 9.31. The first-order chi connectivity index (χ1) is 11.5. The number of aromatic nitrogens is 1. The van der Waals surface area contributed by atoms with Crippen molar-refractivity contribution in [2.24, 2.45) is 5.41 Å². The van der Waals surface area contributed by atoms with Crippen LogP contribution in [0.3, 0.4) is 0 Å². The summed E-state index contributed by atoms with van der Waals surface area (Å²) < 4.78 is 14.1. The third-order valence-electron chi connectivity index (χ3n) is 4.40. The molecule has 0 amide bonds. The number of para-hydroxylation sites is 1. The highest BCUT2D eigenvalue weighted by Gasteiger charge is 2.29. The number of nitriles is 1. The highest BCUT2D eigenvalue weighted by molar-refractivity contribution is 6.26. The van der Waals surface area contributed by atoms with Gasteiger partial charge < -0.3 is 13.4 Å². The summed E-state index contributed by atoms with van der Waals surface area (Å²) in [4.78, 5) is 0. The van der Waals surface area contributed by atoms with E-state index in [2.05, 4.69) is 43.6 Å². The smallest absolute Gasteiger partial charge is 0.161 e. The maximum atomic E-state index is 9.31. The molecule has 0 aliphatic heterocycles. The lowest BCUT2D eigenvalue weighted by molar-refractivity contribution is -0.0828. The van der Waals surface area contributed by atoms with Gasteiger partial charge in [-0.25, -0.2) is 0 Å². The Morgan fingerprint density at radius 2 is 1.88 bits per heavy atom. The third-order valence-corrected chi connectivity index (χ3v) is 5.68. The fourth-order valence-electron chi connectivity index (χ4n) is 3.15. The maximum Gasteiger partial charge on any atom is 0.161 e. The van der Waals surface area contributed by atoms with Gasteiger partial charge in [-0.3, -0.25) is 0 Å². The summed E-state index contributed by atoms with van der Waals surface area (Å²) >= 11 is 0.